The quantitative estimate of drug-likeness (QED) is 0.442. The average Bonchev–Trinajstić information content (AvgIpc) is 2.64. The summed E-state index contributed by atoms with van der Waals surface area (Å²) >= 11 is 0. The molecule has 0 fully saturated rings. The van der Waals surface area contributed by atoms with Crippen LogP contribution in [0.4, 0.5) is 20.3 Å². The van der Waals surface area contributed by atoms with Crippen molar-refractivity contribution < 1.29 is 28.4 Å². The van der Waals surface area contributed by atoms with Crippen LogP contribution >= 0.6 is 0 Å². The Labute approximate surface area is 151 Å². The van der Waals surface area contributed by atoms with Crippen LogP contribution in [0.5, 0.6) is 0 Å². The van der Waals surface area contributed by atoms with Gasteiger partial charge in [-0.25, -0.2) is 24.7 Å². The molecule has 0 aliphatic rings. The smallest absolute Gasteiger partial charge is 0.278 e. The molecule has 4 N–H and O–H groups in total. The molecule has 0 aliphatic carbocycles. The van der Waals surface area contributed by atoms with Crippen LogP contribution in [-0.2, 0) is 9.63 Å². The Balaban J connectivity index is 2.32. The summed E-state index contributed by atoms with van der Waals surface area (Å²) < 4.78 is 27.9. The van der Waals surface area contributed by atoms with Crippen LogP contribution in [0.25, 0.3) is 0 Å². The number of carbonyl (C=O) groups is 2. The number of nitriles is 1. The molecule has 2 rings (SSSR count). The van der Waals surface area contributed by atoms with Gasteiger partial charge in [-0.3, -0.25) is 19.6 Å². The number of anilines is 2. The van der Waals surface area contributed by atoms with Crippen LogP contribution < -0.4 is 16.3 Å². The minimum atomic E-state index is -1.08. The van der Waals surface area contributed by atoms with E-state index in [2.05, 4.69) is 15.1 Å². The summed E-state index contributed by atoms with van der Waals surface area (Å²) in [6.45, 7) is 0.958. The number of amides is 2. The molecular weight excluding hydrogens is 364 g/mol. The molecule has 0 saturated heterocycles. The average molecular weight is 377 g/mol. The van der Waals surface area contributed by atoms with Crippen molar-refractivity contribution in [3.63, 3.8) is 0 Å². The molecule has 9 nitrogen and oxygen atoms in total. The molecule has 1 heterocycles. The van der Waals surface area contributed by atoms with Gasteiger partial charge in [-0.1, -0.05) is 6.07 Å². The van der Waals surface area contributed by atoms with Crippen LogP contribution in [0.1, 0.15) is 21.6 Å². The van der Waals surface area contributed by atoms with Crippen molar-refractivity contribution in [2.75, 3.05) is 11.9 Å². The SMILES string of the molecule is Cc1ccc(Nc2nc(C#N)c(F)cc2C(=O)NOCC(=O)NO)c(F)c1. The number of rotatable bonds is 6. The number of benzene rings is 1. The van der Waals surface area contributed by atoms with Gasteiger partial charge in [-0.2, -0.15) is 5.26 Å². The summed E-state index contributed by atoms with van der Waals surface area (Å²) in [4.78, 5) is 31.2. The highest BCUT2D eigenvalue weighted by atomic mass is 19.1. The first-order valence-electron chi connectivity index (χ1n) is 7.34. The van der Waals surface area contributed by atoms with Crippen molar-refractivity contribution in [3.8, 4) is 6.07 Å². The maximum Gasteiger partial charge on any atom is 0.278 e. The van der Waals surface area contributed by atoms with Crippen molar-refractivity contribution in [3.05, 3.63) is 52.7 Å². The number of nitrogens with one attached hydrogen (secondary N) is 3. The zero-order chi connectivity index (χ0) is 20.0. The third-order valence-corrected chi connectivity index (χ3v) is 3.20. The van der Waals surface area contributed by atoms with Gasteiger partial charge in [0.05, 0.1) is 11.3 Å². The molecule has 0 aliphatic heterocycles. The standard InChI is InChI=1S/C16H13F2N5O4/c1-8-2-3-12(10(17)4-8)20-15-9(5-11(18)13(6-19)21-15)16(25)23-27-7-14(24)22-26/h2-5,26H,7H2,1H3,(H,20,21)(H,22,24)(H,23,25). The maximum absolute atomic E-state index is 14.0. The summed E-state index contributed by atoms with van der Waals surface area (Å²) in [7, 11) is 0. The molecule has 0 spiro atoms. The first-order valence-corrected chi connectivity index (χ1v) is 7.34. The van der Waals surface area contributed by atoms with E-state index in [0.29, 0.717) is 11.6 Å². The third kappa shape index (κ3) is 4.94. The molecule has 0 unspecified atom stereocenters. The number of aromatic nitrogens is 1. The van der Waals surface area contributed by atoms with Crippen LogP contribution in [0, 0.1) is 29.9 Å². The minimum absolute atomic E-state index is 0.0572. The summed E-state index contributed by atoms with van der Waals surface area (Å²) in [5.41, 5.74) is 2.70. The van der Waals surface area contributed by atoms with E-state index in [1.807, 2.05) is 5.48 Å². The van der Waals surface area contributed by atoms with Gasteiger partial charge in [0.25, 0.3) is 11.8 Å². The van der Waals surface area contributed by atoms with Gasteiger partial charge >= 0.3 is 0 Å². The molecular formula is C16H13F2N5O4. The lowest BCUT2D eigenvalue weighted by atomic mass is 10.2. The van der Waals surface area contributed by atoms with Crippen molar-refractivity contribution in [1.29, 1.82) is 5.26 Å². The predicted molar refractivity (Wildman–Crippen MR) is 86.7 cm³/mol. The Morgan fingerprint density at radius 3 is 2.67 bits per heavy atom. The Kier molecular flexibility index (Phi) is 6.32. The molecule has 1 aromatic carbocycles. The number of nitrogens with zero attached hydrogens (tertiary/aromatic N) is 2. The molecule has 2 amide bonds. The molecule has 0 saturated carbocycles. The van der Waals surface area contributed by atoms with Crippen molar-refractivity contribution in [2.24, 2.45) is 0 Å². The van der Waals surface area contributed by atoms with Crippen molar-refractivity contribution >= 4 is 23.3 Å². The predicted octanol–water partition coefficient (Wildman–Crippen LogP) is 1.45. The largest absolute Gasteiger partial charge is 0.337 e. The number of aryl methyl sites for hydroxylation is 1. The van der Waals surface area contributed by atoms with Gasteiger partial charge in [0.2, 0.25) is 0 Å². The molecule has 0 radical (unpaired) electrons. The normalized spacial score (nSPS) is 10.0. The van der Waals surface area contributed by atoms with Crippen molar-refractivity contribution in [2.45, 2.75) is 6.92 Å². The van der Waals surface area contributed by atoms with E-state index >= 15 is 0 Å². The van der Waals surface area contributed by atoms with Gasteiger partial charge in [0, 0.05) is 0 Å². The molecule has 0 bridgehead atoms. The fourth-order valence-corrected chi connectivity index (χ4v) is 1.94. The Morgan fingerprint density at radius 2 is 2.04 bits per heavy atom. The lowest BCUT2D eigenvalue weighted by Crippen LogP contribution is -2.31. The molecule has 0 atom stereocenters. The third-order valence-electron chi connectivity index (χ3n) is 3.20. The topological polar surface area (TPSA) is 136 Å². The second-order valence-corrected chi connectivity index (χ2v) is 5.19. The number of carbonyl (C=O) groups excluding carboxylic acids is 2. The molecule has 1 aromatic heterocycles. The van der Waals surface area contributed by atoms with Gasteiger partial charge in [-0.15, -0.1) is 0 Å². The molecule has 140 valence electrons. The number of halogens is 2. The van der Waals surface area contributed by atoms with Gasteiger partial charge < -0.3 is 5.32 Å². The molecule has 11 heteroatoms. The fourth-order valence-electron chi connectivity index (χ4n) is 1.94. The van der Waals surface area contributed by atoms with E-state index in [1.165, 1.54) is 23.7 Å². The maximum atomic E-state index is 14.0. The minimum Gasteiger partial charge on any atom is -0.337 e. The number of hydrogen-bond donors (Lipinski definition) is 4. The van der Waals surface area contributed by atoms with Crippen LogP contribution in [-0.4, -0.2) is 28.6 Å². The Hall–Kier alpha value is -3.62. The summed E-state index contributed by atoms with van der Waals surface area (Å²) in [6.07, 6.45) is 0. The first-order chi connectivity index (χ1) is 12.8. The first kappa shape index (κ1) is 19.7. The van der Waals surface area contributed by atoms with Gasteiger partial charge in [0.1, 0.15) is 17.7 Å². The molecule has 27 heavy (non-hydrogen) atoms. The number of pyridine rings is 1. The number of hydrogen-bond acceptors (Lipinski definition) is 7. The van der Waals surface area contributed by atoms with Crippen molar-refractivity contribution in [1.82, 2.24) is 15.9 Å². The Morgan fingerprint density at radius 1 is 1.30 bits per heavy atom. The van der Waals surface area contributed by atoms with E-state index in [-0.39, 0.29) is 11.5 Å². The zero-order valence-corrected chi connectivity index (χ0v) is 13.8. The van der Waals surface area contributed by atoms with E-state index in [0.717, 1.165) is 0 Å². The van der Waals surface area contributed by atoms with E-state index in [9.17, 15) is 18.4 Å². The summed E-state index contributed by atoms with van der Waals surface area (Å²) in [5.74, 6) is -4.00. The highest BCUT2D eigenvalue weighted by Gasteiger charge is 2.19. The second kappa shape index (κ2) is 8.65. The lowest BCUT2D eigenvalue weighted by molar-refractivity contribution is -0.135. The highest BCUT2D eigenvalue weighted by molar-refractivity contribution is 5.99. The van der Waals surface area contributed by atoms with Gasteiger partial charge in [0.15, 0.2) is 18.1 Å². The number of hydroxylamine groups is 2. The summed E-state index contributed by atoms with van der Waals surface area (Å²) in [6, 6.07) is 6.43. The summed E-state index contributed by atoms with van der Waals surface area (Å²) in [5, 5.41) is 19.8. The van der Waals surface area contributed by atoms with E-state index in [4.69, 9.17) is 10.5 Å². The second-order valence-electron chi connectivity index (χ2n) is 5.19. The Bertz CT molecular complexity index is 930. The lowest BCUT2D eigenvalue weighted by Gasteiger charge is -2.13. The monoisotopic (exact) mass is 377 g/mol. The van der Waals surface area contributed by atoms with Crippen LogP contribution in [0.2, 0.25) is 0 Å². The van der Waals surface area contributed by atoms with E-state index in [1.54, 1.807) is 13.0 Å². The van der Waals surface area contributed by atoms with Gasteiger partial charge in [-0.05, 0) is 30.7 Å². The van der Waals surface area contributed by atoms with Crippen LogP contribution in [0.15, 0.2) is 24.3 Å². The van der Waals surface area contributed by atoms with Crippen LogP contribution in [0.3, 0.4) is 0 Å². The fraction of sp³-hybridized carbons (Fsp3) is 0.125. The molecule has 2 aromatic rings. The van der Waals surface area contributed by atoms with E-state index < -0.39 is 41.3 Å². The zero-order valence-electron chi connectivity index (χ0n) is 13.8. The highest BCUT2D eigenvalue weighted by Crippen LogP contribution is 2.24.